The van der Waals surface area contributed by atoms with E-state index in [9.17, 15) is 14.4 Å². The van der Waals surface area contributed by atoms with Crippen LogP contribution >= 0.6 is 0 Å². The maximum atomic E-state index is 15.5. The average Bonchev–Trinajstić information content (AvgIpc) is 2.99. The highest BCUT2D eigenvalue weighted by molar-refractivity contribution is 6.02. The number of carbonyl (C=O) groups is 1. The number of hydrogen-bond acceptors (Lipinski definition) is 7. The number of carbonyl (C=O) groups excluding carboxylic acids is 1. The topological polar surface area (TPSA) is 94.4 Å². The van der Waals surface area contributed by atoms with Crippen molar-refractivity contribution in [3.05, 3.63) is 71.4 Å². The first-order valence-corrected chi connectivity index (χ1v) is 13.6. The Morgan fingerprint density at radius 3 is 2.68 bits per heavy atom. The Kier molecular flexibility index (Phi) is 7.20. The average molecular weight is 555 g/mol. The number of hydrogen-bond donors (Lipinski definition) is 1. The number of ether oxygens (including phenoxy) is 1. The fourth-order valence-corrected chi connectivity index (χ4v) is 5.48. The van der Waals surface area contributed by atoms with E-state index in [0.29, 0.717) is 79.0 Å². The number of anilines is 4. The summed E-state index contributed by atoms with van der Waals surface area (Å²) < 4.78 is 35.4. The molecule has 0 aliphatic carbocycles. The maximum Gasteiger partial charge on any atom is 0.228 e. The van der Waals surface area contributed by atoms with Gasteiger partial charge in [0.15, 0.2) is 0 Å². The van der Waals surface area contributed by atoms with Gasteiger partial charge in [-0.15, -0.1) is 0 Å². The van der Waals surface area contributed by atoms with Gasteiger partial charge in [0.05, 0.1) is 47.1 Å². The first-order chi connectivity index (χ1) is 19.9. The third-order valence-corrected chi connectivity index (χ3v) is 7.59. The zero-order valence-electron chi connectivity index (χ0n) is 22.6. The fraction of sp³-hybridized carbons (Fsp3) is 0.290. The van der Waals surface area contributed by atoms with Gasteiger partial charge in [0.1, 0.15) is 23.3 Å². The van der Waals surface area contributed by atoms with Gasteiger partial charge in [0, 0.05) is 61.6 Å². The Balaban J connectivity index is 1.55. The van der Waals surface area contributed by atoms with Gasteiger partial charge in [-0.1, -0.05) is 12.1 Å². The van der Waals surface area contributed by atoms with Crippen molar-refractivity contribution in [1.29, 1.82) is 5.26 Å². The fourth-order valence-electron chi connectivity index (χ4n) is 5.48. The number of halogens is 2. The van der Waals surface area contributed by atoms with Crippen LogP contribution in [0.5, 0.6) is 0 Å². The summed E-state index contributed by atoms with van der Waals surface area (Å²) in [5.41, 5.74) is 3.62. The summed E-state index contributed by atoms with van der Waals surface area (Å²) in [7, 11) is 0. The van der Waals surface area contributed by atoms with Crippen LogP contribution in [0.2, 0.25) is 0 Å². The molecule has 41 heavy (non-hydrogen) atoms. The second-order valence-corrected chi connectivity index (χ2v) is 10.2. The molecule has 0 radical (unpaired) electrons. The van der Waals surface area contributed by atoms with Crippen LogP contribution in [0.25, 0.3) is 22.0 Å². The van der Waals surface area contributed by atoms with Crippen molar-refractivity contribution in [1.82, 2.24) is 9.97 Å². The van der Waals surface area contributed by atoms with E-state index in [-0.39, 0.29) is 16.8 Å². The van der Waals surface area contributed by atoms with Crippen molar-refractivity contribution in [3.63, 3.8) is 0 Å². The van der Waals surface area contributed by atoms with Gasteiger partial charge in [-0.2, -0.15) is 5.26 Å². The van der Waals surface area contributed by atoms with Gasteiger partial charge in [-0.05, 0) is 37.5 Å². The number of aromatic nitrogens is 2. The van der Waals surface area contributed by atoms with Crippen molar-refractivity contribution < 1.29 is 18.3 Å². The molecule has 1 amide bonds. The molecule has 208 valence electrons. The summed E-state index contributed by atoms with van der Waals surface area (Å²) in [6.07, 6.45) is 3.74. The molecule has 1 N–H and O–H groups in total. The van der Waals surface area contributed by atoms with E-state index < -0.39 is 11.6 Å². The van der Waals surface area contributed by atoms with E-state index in [2.05, 4.69) is 21.3 Å². The predicted octanol–water partition coefficient (Wildman–Crippen LogP) is 5.85. The molecule has 4 aromatic rings. The van der Waals surface area contributed by atoms with E-state index in [1.807, 2.05) is 12.1 Å². The van der Waals surface area contributed by atoms with E-state index in [0.717, 1.165) is 24.5 Å². The van der Waals surface area contributed by atoms with Crippen LogP contribution in [0.15, 0.2) is 48.7 Å². The van der Waals surface area contributed by atoms with Crippen molar-refractivity contribution >= 4 is 39.8 Å². The molecule has 0 saturated carbocycles. The molecule has 2 fully saturated rings. The van der Waals surface area contributed by atoms with Gasteiger partial charge in [-0.25, -0.2) is 18.7 Å². The highest BCUT2D eigenvalue weighted by Gasteiger charge is 2.27. The molecule has 0 atom stereocenters. The Morgan fingerprint density at radius 1 is 1.07 bits per heavy atom. The molecule has 10 heteroatoms. The molecule has 0 unspecified atom stereocenters. The van der Waals surface area contributed by atoms with Crippen molar-refractivity contribution in [2.45, 2.75) is 26.2 Å². The van der Waals surface area contributed by atoms with Gasteiger partial charge in [0.25, 0.3) is 0 Å². The van der Waals surface area contributed by atoms with Crippen molar-refractivity contribution in [2.24, 2.45) is 0 Å². The molecule has 8 nitrogen and oxygen atoms in total. The molecule has 4 heterocycles. The number of fused-ring (bicyclic) bond motifs is 1. The molecule has 6 rings (SSSR count). The second kappa shape index (κ2) is 11.1. The molecule has 0 spiro atoms. The number of nitriles is 1. The second-order valence-electron chi connectivity index (χ2n) is 10.2. The normalized spacial score (nSPS) is 15.7. The number of amides is 1. The zero-order chi connectivity index (χ0) is 28.5. The molecule has 2 saturated heterocycles. The van der Waals surface area contributed by atoms with E-state index in [4.69, 9.17) is 9.72 Å². The van der Waals surface area contributed by atoms with Gasteiger partial charge >= 0.3 is 0 Å². The van der Waals surface area contributed by atoms with E-state index in [1.54, 1.807) is 36.2 Å². The summed E-state index contributed by atoms with van der Waals surface area (Å²) in [6.45, 7) is 4.76. The van der Waals surface area contributed by atoms with E-state index >= 15 is 4.39 Å². The van der Waals surface area contributed by atoms with Crippen LogP contribution in [-0.2, 0) is 9.53 Å². The minimum absolute atomic E-state index is 0.0680. The van der Waals surface area contributed by atoms with Crippen molar-refractivity contribution in [2.75, 3.05) is 48.0 Å². The third kappa shape index (κ3) is 5.16. The molecule has 2 aromatic heterocycles. The number of rotatable bonds is 5. The van der Waals surface area contributed by atoms with Gasteiger partial charge in [-0.3, -0.25) is 9.69 Å². The molecule has 2 aliphatic heterocycles. The van der Waals surface area contributed by atoms with Crippen LogP contribution in [0.1, 0.15) is 30.4 Å². The Bertz CT molecular complexity index is 1700. The Hall–Kier alpha value is -4.62. The lowest BCUT2D eigenvalue weighted by Gasteiger charge is -2.30. The number of nitrogens with one attached hydrogen (secondary N) is 1. The summed E-state index contributed by atoms with van der Waals surface area (Å²) in [6, 6.07) is 13.2. The quantitative estimate of drug-likeness (QED) is 0.331. The highest BCUT2D eigenvalue weighted by Crippen LogP contribution is 2.40. The number of morpholine rings is 1. The number of benzene rings is 2. The third-order valence-electron chi connectivity index (χ3n) is 7.59. The number of piperidine rings is 1. The smallest absolute Gasteiger partial charge is 0.228 e. The molecule has 0 bridgehead atoms. The Morgan fingerprint density at radius 2 is 1.90 bits per heavy atom. The summed E-state index contributed by atoms with van der Waals surface area (Å²) >= 11 is 0. The minimum Gasteiger partial charge on any atom is -0.378 e. The van der Waals surface area contributed by atoms with Crippen LogP contribution in [0.3, 0.4) is 0 Å². The van der Waals surface area contributed by atoms with Gasteiger partial charge < -0.3 is 15.0 Å². The molecular weight excluding hydrogens is 526 g/mol. The lowest BCUT2D eigenvalue weighted by Crippen LogP contribution is -2.36. The van der Waals surface area contributed by atoms with Crippen LogP contribution < -0.4 is 15.1 Å². The highest BCUT2D eigenvalue weighted by atomic mass is 19.1. The van der Waals surface area contributed by atoms with Crippen LogP contribution in [0, 0.1) is 29.9 Å². The lowest BCUT2D eigenvalue weighted by molar-refractivity contribution is -0.119. The Labute approximate surface area is 236 Å². The minimum atomic E-state index is -0.759. The van der Waals surface area contributed by atoms with E-state index in [1.165, 1.54) is 6.07 Å². The van der Waals surface area contributed by atoms with Crippen molar-refractivity contribution in [3.8, 4) is 17.2 Å². The van der Waals surface area contributed by atoms with Gasteiger partial charge in [0.2, 0.25) is 5.91 Å². The summed E-state index contributed by atoms with van der Waals surface area (Å²) in [5, 5.41) is 13.1. The number of pyridine rings is 2. The largest absolute Gasteiger partial charge is 0.378 e. The van der Waals surface area contributed by atoms with Crippen LogP contribution in [-0.4, -0.2) is 48.7 Å². The molecular formula is C31H28F2N6O2. The predicted molar refractivity (Wildman–Crippen MR) is 153 cm³/mol. The first kappa shape index (κ1) is 26.6. The maximum absolute atomic E-state index is 15.5. The number of nitrogens with zero attached hydrogens (tertiary/aromatic N) is 5. The lowest BCUT2D eigenvalue weighted by atomic mass is 10.0. The summed E-state index contributed by atoms with van der Waals surface area (Å²) in [4.78, 5) is 25.9. The zero-order valence-corrected chi connectivity index (χ0v) is 22.6. The summed E-state index contributed by atoms with van der Waals surface area (Å²) in [5.74, 6) is -0.484. The molecule has 2 aliphatic rings. The SMILES string of the molecule is Cc1c(N2CCCCC2=O)nc2cc(F)cc(F)c2c1Nc1cc(N2CCOCC2)ncc1-c1cccc(C#N)c1. The molecule has 2 aromatic carbocycles. The van der Waals surface area contributed by atoms with Crippen LogP contribution in [0.4, 0.5) is 31.8 Å². The monoisotopic (exact) mass is 554 g/mol. The first-order valence-electron chi connectivity index (χ1n) is 13.6. The standard InChI is InChI=1S/C31H28F2N6O2/c1-19-30(29-24(33)14-22(32)15-26(29)37-31(19)39-8-3-2-7-28(39)40)36-25-16-27(38-9-11-41-12-10-38)35-18-23(25)21-6-4-5-20(13-21)17-34/h4-6,13-16,18H,2-3,7-12H2,1H3,(H,35,36,37).